The van der Waals surface area contributed by atoms with Gasteiger partial charge in [-0.1, -0.05) is 113 Å². The van der Waals surface area contributed by atoms with Crippen LogP contribution in [0.1, 0.15) is 51.7 Å². The van der Waals surface area contributed by atoms with Crippen molar-refractivity contribution in [1.29, 1.82) is 0 Å². The van der Waals surface area contributed by atoms with Gasteiger partial charge in [-0.15, -0.1) is 0 Å². The van der Waals surface area contributed by atoms with Gasteiger partial charge in [0.25, 0.3) is 0 Å². The summed E-state index contributed by atoms with van der Waals surface area (Å²) in [4.78, 5) is 0. The van der Waals surface area contributed by atoms with Crippen LogP contribution in [0, 0.1) is 0 Å². The fourth-order valence-corrected chi connectivity index (χ4v) is 9.54. The largest absolute Gasteiger partial charge is 0.456 e. The molecule has 0 unspecified atom stereocenters. The van der Waals surface area contributed by atoms with Crippen LogP contribution in [0.3, 0.4) is 0 Å². The number of aromatic nitrogens is 2. The second-order valence-corrected chi connectivity index (χ2v) is 15.9. The highest BCUT2D eigenvalue weighted by atomic mass is 16.3. The van der Waals surface area contributed by atoms with Gasteiger partial charge in [-0.2, -0.15) is 0 Å². The van der Waals surface area contributed by atoms with Gasteiger partial charge < -0.3 is 13.6 Å². The number of nitrogens with zero attached hydrogens (tertiary/aromatic N) is 2. The van der Waals surface area contributed by atoms with Crippen molar-refractivity contribution in [3.05, 3.63) is 145 Å². The Balaban J connectivity index is 1.49. The lowest BCUT2D eigenvalue weighted by Gasteiger charge is -2.42. The summed E-state index contributed by atoms with van der Waals surface area (Å²) in [5, 5.41) is 10.0. The minimum absolute atomic E-state index is 0.0605. The Morgan fingerprint density at radius 3 is 1.76 bits per heavy atom. The van der Waals surface area contributed by atoms with Gasteiger partial charge >= 0.3 is 0 Å². The summed E-state index contributed by atoms with van der Waals surface area (Å²) in [6, 6.07) is 49.1. The number of hydrogen-bond donors (Lipinski definition) is 0. The second-order valence-electron chi connectivity index (χ2n) is 15.9. The first kappa shape index (κ1) is 29.0. The van der Waals surface area contributed by atoms with E-state index in [1.807, 2.05) is 0 Å². The van der Waals surface area contributed by atoms with Crippen molar-refractivity contribution in [3.63, 3.8) is 0 Å². The van der Waals surface area contributed by atoms with E-state index in [0.29, 0.717) is 0 Å². The molecular formula is C48H38N2O. The smallest absolute Gasteiger partial charge is 0.137 e. The predicted molar refractivity (Wildman–Crippen MR) is 215 cm³/mol. The molecule has 0 radical (unpaired) electrons. The van der Waals surface area contributed by atoms with Gasteiger partial charge in [0, 0.05) is 32.6 Å². The molecule has 1 aliphatic rings. The molecule has 10 aromatic rings. The van der Waals surface area contributed by atoms with E-state index >= 15 is 0 Å². The van der Waals surface area contributed by atoms with Crippen LogP contribution in [0.5, 0.6) is 0 Å². The van der Waals surface area contributed by atoms with Gasteiger partial charge in [-0.05, 0) is 94.1 Å². The molecule has 0 fully saturated rings. The summed E-state index contributed by atoms with van der Waals surface area (Å²) in [7, 11) is 0. The molecule has 0 N–H and O–H groups in total. The summed E-state index contributed by atoms with van der Waals surface area (Å²) in [6.07, 6.45) is 2.33. The molecule has 0 amide bonds. The Labute approximate surface area is 296 Å². The lowest BCUT2D eigenvalue weighted by molar-refractivity contribution is 0.332. The van der Waals surface area contributed by atoms with Gasteiger partial charge in [-0.3, -0.25) is 0 Å². The Hall–Kier alpha value is -5.80. The second kappa shape index (κ2) is 9.92. The van der Waals surface area contributed by atoms with Crippen LogP contribution < -0.4 is 0 Å². The number of benzene rings is 7. The Kier molecular flexibility index (Phi) is 5.64. The number of furan rings is 1. The lowest BCUT2D eigenvalue weighted by Crippen LogP contribution is -2.33. The zero-order chi connectivity index (χ0) is 34.2. The van der Waals surface area contributed by atoms with E-state index in [1.54, 1.807) is 0 Å². The molecular weight excluding hydrogens is 621 g/mol. The first-order chi connectivity index (χ1) is 24.8. The maximum absolute atomic E-state index is 6.55. The van der Waals surface area contributed by atoms with Crippen molar-refractivity contribution in [2.75, 3.05) is 0 Å². The molecule has 0 atom stereocenters. The lowest BCUT2D eigenvalue weighted by atomic mass is 9.63. The molecule has 51 heavy (non-hydrogen) atoms. The zero-order valence-corrected chi connectivity index (χ0v) is 29.4. The van der Waals surface area contributed by atoms with E-state index in [0.717, 1.165) is 39.7 Å². The fraction of sp³-hybridized carbons (Fsp3) is 0.167. The highest BCUT2D eigenvalue weighted by molar-refractivity contribution is 6.36. The minimum Gasteiger partial charge on any atom is -0.456 e. The topological polar surface area (TPSA) is 23.0 Å². The van der Waals surface area contributed by atoms with Crippen molar-refractivity contribution in [1.82, 2.24) is 9.13 Å². The van der Waals surface area contributed by atoms with Crippen LogP contribution in [0.25, 0.3) is 87.7 Å². The summed E-state index contributed by atoms with van der Waals surface area (Å²) in [6.45, 7) is 9.75. The van der Waals surface area contributed by atoms with E-state index in [2.05, 4.69) is 170 Å². The number of para-hydroxylation sites is 3. The molecule has 7 aromatic carbocycles. The third kappa shape index (κ3) is 3.79. The standard InChI is InChI=1S/C48H38N2O/c1-47(2)25-26-48(3,4)36-28-39-34(27-35(36)47)43-31-18-9-8-17-30(31)42-32-19-10-12-21-37(32)49(29-15-6-5-7-16-29)45(42)46(43)50(39)38-22-14-24-41-44(38)33-20-11-13-23-40(33)51-41/h5-24,27-28H,25-26H2,1-4H3. The normalized spacial score (nSPS) is 15.6. The van der Waals surface area contributed by atoms with E-state index in [1.165, 1.54) is 71.9 Å². The molecule has 0 spiro atoms. The number of fused-ring (bicyclic) bond motifs is 14. The van der Waals surface area contributed by atoms with Crippen LogP contribution >= 0.6 is 0 Å². The number of hydrogen-bond acceptors (Lipinski definition) is 1. The van der Waals surface area contributed by atoms with Crippen molar-refractivity contribution in [3.8, 4) is 11.4 Å². The van der Waals surface area contributed by atoms with Crippen molar-refractivity contribution >= 4 is 76.3 Å². The van der Waals surface area contributed by atoms with E-state index in [4.69, 9.17) is 4.42 Å². The molecule has 0 saturated carbocycles. The van der Waals surface area contributed by atoms with E-state index in [-0.39, 0.29) is 10.8 Å². The van der Waals surface area contributed by atoms with E-state index in [9.17, 15) is 0 Å². The molecule has 0 saturated heterocycles. The molecule has 0 bridgehead atoms. The Morgan fingerprint density at radius 1 is 0.451 bits per heavy atom. The predicted octanol–water partition coefficient (Wildman–Crippen LogP) is 13.3. The first-order valence-electron chi connectivity index (χ1n) is 18.2. The minimum atomic E-state index is 0.0605. The summed E-state index contributed by atoms with van der Waals surface area (Å²) >= 11 is 0. The zero-order valence-electron chi connectivity index (χ0n) is 29.4. The molecule has 3 heterocycles. The number of rotatable bonds is 2. The maximum atomic E-state index is 6.55. The highest BCUT2D eigenvalue weighted by Crippen LogP contribution is 2.52. The van der Waals surface area contributed by atoms with E-state index < -0.39 is 0 Å². The summed E-state index contributed by atoms with van der Waals surface area (Å²) in [5.41, 5.74) is 12.1. The van der Waals surface area contributed by atoms with Gasteiger partial charge in [0.15, 0.2) is 0 Å². The molecule has 246 valence electrons. The molecule has 1 aliphatic carbocycles. The van der Waals surface area contributed by atoms with Gasteiger partial charge in [-0.25, -0.2) is 0 Å². The third-order valence-corrected chi connectivity index (χ3v) is 12.1. The monoisotopic (exact) mass is 658 g/mol. The third-order valence-electron chi connectivity index (χ3n) is 12.1. The van der Waals surface area contributed by atoms with Gasteiger partial charge in [0.05, 0.1) is 33.1 Å². The van der Waals surface area contributed by atoms with Crippen molar-refractivity contribution < 1.29 is 4.42 Å². The fourth-order valence-electron chi connectivity index (χ4n) is 9.54. The van der Waals surface area contributed by atoms with Gasteiger partial charge in [0.1, 0.15) is 11.2 Å². The molecule has 0 aliphatic heterocycles. The molecule has 3 nitrogen and oxygen atoms in total. The first-order valence-corrected chi connectivity index (χ1v) is 18.2. The van der Waals surface area contributed by atoms with Crippen LogP contribution in [0.15, 0.2) is 138 Å². The van der Waals surface area contributed by atoms with Crippen LogP contribution in [-0.4, -0.2) is 9.13 Å². The van der Waals surface area contributed by atoms with Crippen molar-refractivity contribution in [2.24, 2.45) is 0 Å². The average molecular weight is 659 g/mol. The molecule has 11 rings (SSSR count). The van der Waals surface area contributed by atoms with Crippen LogP contribution in [0.4, 0.5) is 0 Å². The van der Waals surface area contributed by atoms with Gasteiger partial charge in [0.2, 0.25) is 0 Å². The summed E-state index contributed by atoms with van der Waals surface area (Å²) in [5.74, 6) is 0. The molecule has 3 heteroatoms. The van der Waals surface area contributed by atoms with Crippen LogP contribution in [-0.2, 0) is 10.8 Å². The SMILES string of the molecule is CC1(C)CCC(C)(C)c2cc3c(cc21)c1c2ccccc2c2c4ccccc4n(-c4ccccc4)c2c1n3-c1cccc2oc3ccccc3c12. The highest BCUT2D eigenvalue weighted by Gasteiger charge is 2.38. The Morgan fingerprint density at radius 2 is 1.02 bits per heavy atom. The van der Waals surface area contributed by atoms with Crippen molar-refractivity contribution in [2.45, 2.75) is 51.4 Å². The quantitative estimate of drug-likeness (QED) is 0.181. The Bertz CT molecular complexity index is 3080. The maximum Gasteiger partial charge on any atom is 0.137 e. The summed E-state index contributed by atoms with van der Waals surface area (Å²) < 4.78 is 11.7. The van der Waals surface area contributed by atoms with Crippen LogP contribution in [0.2, 0.25) is 0 Å². The molecule has 3 aromatic heterocycles. The average Bonchev–Trinajstić information content (AvgIpc) is 3.81.